The second-order valence-electron chi connectivity index (χ2n) is 3.74. The topological polar surface area (TPSA) is 101 Å². The molecule has 0 saturated carbocycles. The van der Waals surface area contributed by atoms with E-state index in [9.17, 15) is 13.2 Å². The smallest absolute Gasteiger partial charge is 0.262 e. The van der Waals surface area contributed by atoms with Crippen molar-refractivity contribution in [2.75, 3.05) is 25.4 Å². The molecule has 0 aromatic carbocycles. The average molecular weight is 315 g/mol. The van der Waals surface area contributed by atoms with Crippen LogP contribution in [0, 0.1) is 11.8 Å². The Hall–Kier alpha value is -1.40. The van der Waals surface area contributed by atoms with Crippen LogP contribution in [-0.2, 0) is 10.0 Å². The molecule has 0 aliphatic heterocycles. The summed E-state index contributed by atoms with van der Waals surface area (Å²) in [6.45, 7) is 2.30. The van der Waals surface area contributed by atoms with Gasteiger partial charge in [-0.25, -0.2) is 13.1 Å². The van der Waals surface area contributed by atoms with Crippen molar-refractivity contribution in [2.45, 2.75) is 6.92 Å². The number of nitrogens with two attached hydrogens (primary N) is 1. The first-order chi connectivity index (χ1) is 9.50. The zero-order chi connectivity index (χ0) is 15.0. The average Bonchev–Trinajstić information content (AvgIpc) is 2.84. The summed E-state index contributed by atoms with van der Waals surface area (Å²) in [6, 6.07) is 1.73. The molecule has 8 heteroatoms. The number of hydrogen-bond donors (Lipinski definition) is 3. The van der Waals surface area contributed by atoms with Crippen LogP contribution in [0.15, 0.2) is 11.4 Å². The highest BCUT2D eigenvalue weighted by Gasteiger charge is 2.13. The third kappa shape index (κ3) is 5.30. The largest absolute Gasteiger partial charge is 0.350 e. The Morgan fingerprint density at radius 3 is 2.90 bits per heavy atom. The number of sulfonamides is 1. The summed E-state index contributed by atoms with van der Waals surface area (Å²) in [7, 11) is -3.33. The highest BCUT2D eigenvalue weighted by Crippen LogP contribution is 2.15. The van der Waals surface area contributed by atoms with Gasteiger partial charge >= 0.3 is 0 Å². The van der Waals surface area contributed by atoms with Crippen LogP contribution < -0.4 is 15.8 Å². The monoisotopic (exact) mass is 315 g/mol. The van der Waals surface area contributed by atoms with Crippen molar-refractivity contribution < 1.29 is 13.2 Å². The Kier molecular flexibility index (Phi) is 6.67. The molecule has 0 aliphatic carbocycles. The molecule has 0 saturated heterocycles. The number of thiophene rings is 1. The maximum atomic E-state index is 11.9. The minimum Gasteiger partial charge on any atom is -0.350 e. The summed E-state index contributed by atoms with van der Waals surface area (Å²) in [5.41, 5.74) is 5.89. The lowest BCUT2D eigenvalue weighted by Gasteiger charge is -2.06. The second kappa shape index (κ2) is 8.01. The van der Waals surface area contributed by atoms with Gasteiger partial charge in [0.1, 0.15) is 4.88 Å². The fraction of sp³-hybridized carbons (Fsp3) is 0.417. The van der Waals surface area contributed by atoms with Crippen LogP contribution >= 0.6 is 11.3 Å². The molecule has 1 aromatic heterocycles. The number of amides is 1. The zero-order valence-corrected chi connectivity index (χ0v) is 12.7. The van der Waals surface area contributed by atoms with Crippen LogP contribution in [0.4, 0.5) is 0 Å². The van der Waals surface area contributed by atoms with Gasteiger partial charge in [0.25, 0.3) is 5.91 Å². The summed E-state index contributed by atoms with van der Waals surface area (Å²) >= 11 is 1.26. The molecule has 0 unspecified atom stereocenters. The van der Waals surface area contributed by atoms with Crippen LogP contribution in [0.3, 0.4) is 0 Å². The lowest BCUT2D eigenvalue weighted by Crippen LogP contribution is -2.34. The Morgan fingerprint density at radius 1 is 1.50 bits per heavy atom. The van der Waals surface area contributed by atoms with Crippen LogP contribution in [-0.4, -0.2) is 39.7 Å². The fourth-order valence-corrected chi connectivity index (χ4v) is 3.12. The highest BCUT2D eigenvalue weighted by molar-refractivity contribution is 7.89. The van der Waals surface area contributed by atoms with Crippen molar-refractivity contribution in [1.82, 2.24) is 10.0 Å². The fourth-order valence-electron chi connectivity index (χ4n) is 1.40. The molecule has 1 rings (SSSR count). The van der Waals surface area contributed by atoms with Gasteiger partial charge in [-0.05, 0) is 11.4 Å². The highest BCUT2D eigenvalue weighted by atomic mass is 32.2. The summed E-state index contributed by atoms with van der Waals surface area (Å²) < 4.78 is 25.2. The second-order valence-corrected chi connectivity index (χ2v) is 6.58. The van der Waals surface area contributed by atoms with E-state index in [1.54, 1.807) is 18.4 Å². The van der Waals surface area contributed by atoms with Gasteiger partial charge < -0.3 is 11.1 Å². The van der Waals surface area contributed by atoms with Crippen molar-refractivity contribution >= 4 is 27.3 Å². The van der Waals surface area contributed by atoms with Gasteiger partial charge in [0.2, 0.25) is 10.0 Å². The molecule has 6 nitrogen and oxygen atoms in total. The van der Waals surface area contributed by atoms with Crippen LogP contribution in [0.2, 0.25) is 0 Å². The number of nitrogens with one attached hydrogen (secondary N) is 2. The lowest BCUT2D eigenvalue weighted by atomic mass is 10.2. The molecule has 0 bridgehead atoms. The predicted octanol–water partition coefficient (Wildman–Crippen LogP) is -0.273. The summed E-state index contributed by atoms with van der Waals surface area (Å²) in [5, 5.41) is 4.32. The molecule has 0 spiro atoms. The zero-order valence-electron chi connectivity index (χ0n) is 11.1. The van der Waals surface area contributed by atoms with E-state index in [4.69, 9.17) is 5.73 Å². The Bertz CT molecular complexity index is 611. The number of carbonyl (C=O) groups is 1. The standard InChI is InChI=1S/C12H17N3O3S2/c1-2-15-20(17,18)9-7-14-12(16)11-10(4-3-6-13)5-8-19-11/h5,8,15H,2,6-7,9,13H2,1H3,(H,14,16). The van der Waals surface area contributed by atoms with Crippen molar-refractivity contribution in [2.24, 2.45) is 5.73 Å². The van der Waals surface area contributed by atoms with Gasteiger partial charge in [0.05, 0.1) is 12.3 Å². The molecular formula is C12H17N3O3S2. The summed E-state index contributed by atoms with van der Waals surface area (Å²) in [4.78, 5) is 12.4. The van der Waals surface area contributed by atoms with Crippen LogP contribution in [0.5, 0.6) is 0 Å². The molecule has 1 amide bonds. The molecule has 4 N–H and O–H groups in total. The first kappa shape index (κ1) is 16.7. The maximum absolute atomic E-state index is 11.9. The first-order valence-electron chi connectivity index (χ1n) is 6.02. The number of hydrogen-bond acceptors (Lipinski definition) is 5. The number of rotatable bonds is 6. The Balaban J connectivity index is 2.58. The van der Waals surface area contributed by atoms with Crippen LogP contribution in [0.25, 0.3) is 0 Å². The van der Waals surface area contributed by atoms with Gasteiger partial charge in [-0.1, -0.05) is 18.8 Å². The van der Waals surface area contributed by atoms with Crippen molar-refractivity contribution in [3.05, 3.63) is 21.9 Å². The molecular weight excluding hydrogens is 298 g/mol. The minimum absolute atomic E-state index is 0.0514. The minimum atomic E-state index is -3.33. The van der Waals surface area contributed by atoms with E-state index < -0.39 is 10.0 Å². The first-order valence-corrected chi connectivity index (χ1v) is 8.55. The maximum Gasteiger partial charge on any atom is 0.262 e. The molecule has 0 atom stereocenters. The molecule has 0 fully saturated rings. The lowest BCUT2D eigenvalue weighted by molar-refractivity contribution is 0.0960. The van der Waals surface area contributed by atoms with Crippen molar-refractivity contribution in [1.29, 1.82) is 0 Å². The van der Waals surface area contributed by atoms with Crippen molar-refractivity contribution in [3.8, 4) is 11.8 Å². The summed E-state index contributed by atoms with van der Waals surface area (Å²) in [5.74, 6) is 5.01. The van der Waals surface area contributed by atoms with E-state index >= 15 is 0 Å². The van der Waals surface area contributed by atoms with Gasteiger partial charge in [0.15, 0.2) is 0 Å². The van der Waals surface area contributed by atoms with Gasteiger partial charge in [-0.3, -0.25) is 4.79 Å². The third-order valence-electron chi connectivity index (χ3n) is 2.22. The van der Waals surface area contributed by atoms with E-state index in [-0.39, 0.29) is 24.7 Å². The Labute approximate surface area is 122 Å². The molecule has 0 aliphatic rings. The SMILES string of the molecule is CCNS(=O)(=O)CCNC(=O)c1sccc1C#CCN. The van der Waals surface area contributed by atoms with E-state index in [0.29, 0.717) is 17.0 Å². The molecule has 1 aromatic rings. The molecule has 0 radical (unpaired) electrons. The van der Waals surface area contributed by atoms with E-state index in [2.05, 4.69) is 21.9 Å². The predicted molar refractivity (Wildman–Crippen MR) is 80.0 cm³/mol. The van der Waals surface area contributed by atoms with E-state index in [0.717, 1.165) is 0 Å². The Morgan fingerprint density at radius 2 is 2.25 bits per heavy atom. The normalized spacial score (nSPS) is 10.7. The van der Waals surface area contributed by atoms with Gasteiger partial charge in [-0.15, -0.1) is 11.3 Å². The molecule has 110 valence electrons. The van der Waals surface area contributed by atoms with E-state index in [1.165, 1.54) is 11.3 Å². The van der Waals surface area contributed by atoms with Gasteiger partial charge in [-0.2, -0.15) is 0 Å². The summed E-state index contributed by atoms with van der Waals surface area (Å²) in [6.07, 6.45) is 0. The molecule has 1 heterocycles. The number of carbonyl (C=O) groups excluding carboxylic acids is 1. The molecule has 20 heavy (non-hydrogen) atoms. The quantitative estimate of drug-likeness (QED) is 0.629. The van der Waals surface area contributed by atoms with Crippen molar-refractivity contribution in [3.63, 3.8) is 0 Å². The van der Waals surface area contributed by atoms with Crippen LogP contribution in [0.1, 0.15) is 22.2 Å². The van der Waals surface area contributed by atoms with Gasteiger partial charge in [0, 0.05) is 18.7 Å². The third-order valence-corrected chi connectivity index (χ3v) is 4.60. The van der Waals surface area contributed by atoms with E-state index in [1.807, 2.05) is 0 Å².